The highest BCUT2D eigenvalue weighted by molar-refractivity contribution is 5.87. The number of nitrogens with zero attached hydrogens (tertiary/aromatic N) is 2. The predicted octanol–water partition coefficient (Wildman–Crippen LogP) is 3.09. The summed E-state index contributed by atoms with van der Waals surface area (Å²) in [6.45, 7) is 2.28. The molecule has 3 aliphatic rings. The number of methoxy groups -OCH3 is 1. The van der Waals surface area contributed by atoms with Crippen molar-refractivity contribution in [1.29, 1.82) is 0 Å². The highest BCUT2D eigenvalue weighted by Crippen LogP contribution is 2.41. The summed E-state index contributed by atoms with van der Waals surface area (Å²) in [6, 6.07) is 5.34. The van der Waals surface area contributed by atoms with E-state index < -0.39 is 5.54 Å². The number of likely N-dealkylation sites (tertiary alicyclic amines) is 2. The third-order valence-electron chi connectivity index (χ3n) is 6.97. The van der Waals surface area contributed by atoms with Crippen molar-refractivity contribution in [3.05, 3.63) is 29.6 Å². The number of amides is 1. The van der Waals surface area contributed by atoms with Crippen LogP contribution < -0.4 is 4.74 Å². The minimum Gasteiger partial charge on any atom is -0.494 e. The lowest BCUT2D eigenvalue weighted by Gasteiger charge is -2.48. The van der Waals surface area contributed by atoms with Gasteiger partial charge in [0.25, 0.3) is 0 Å². The van der Waals surface area contributed by atoms with E-state index in [0.717, 1.165) is 70.0 Å². The van der Waals surface area contributed by atoms with Crippen molar-refractivity contribution in [3.8, 4) is 5.75 Å². The van der Waals surface area contributed by atoms with Gasteiger partial charge in [0.15, 0.2) is 11.6 Å². The van der Waals surface area contributed by atoms with Crippen LogP contribution in [0.1, 0.15) is 56.9 Å². The monoisotopic (exact) mass is 390 g/mol. The van der Waals surface area contributed by atoms with Gasteiger partial charge in [0.2, 0.25) is 5.91 Å². The first kappa shape index (κ1) is 19.6. The molecule has 1 aliphatic carbocycles. The number of carbonyl (C=O) groups excluding carboxylic acids is 1. The van der Waals surface area contributed by atoms with Crippen molar-refractivity contribution in [2.45, 2.75) is 75.6 Å². The van der Waals surface area contributed by atoms with E-state index in [0.29, 0.717) is 6.54 Å². The van der Waals surface area contributed by atoms with E-state index in [2.05, 4.69) is 9.80 Å². The van der Waals surface area contributed by atoms with E-state index >= 15 is 0 Å². The second kappa shape index (κ2) is 7.99. The van der Waals surface area contributed by atoms with E-state index in [-0.39, 0.29) is 29.6 Å². The molecule has 1 atom stereocenters. The van der Waals surface area contributed by atoms with Gasteiger partial charge in [-0.3, -0.25) is 9.69 Å². The van der Waals surface area contributed by atoms with E-state index in [1.54, 1.807) is 6.07 Å². The molecule has 28 heavy (non-hydrogen) atoms. The fraction of sp³-hybridized carbons (Fsp3) is 0.682. The smallest absolute Gasteiger partial charge is 0.243 e. The first-order valence-electron chi connectivity index (χ1n) is 10.6. The number of aliphatic hydroxyl groups excluding tert-OH is 1. The third kappa shape index (κ3) is 3.52. The zero-order valence-corrected chi connectivity index (χ0v) is 16.7. The Labute approximate surface area is 166 Å². The lowest BCUT2D eigenvalue weighted by atomic mass is 9.82. The molecule has 2 heterocycles. The first-order chi connectivity index (χ1) is 13.5. The van der Waals surface area contributed by atoms with Crippen LogP contribution in [0.3, 0.4) is 0 Å². The molecule has 1 unspecified atom stereocenters. The van der Waals surface area contributed by atoms with Crippen molar-refractivity contribution >= 4 is 5.91 Å². The summed E-state index contributed by atoms with van der Waals surface area (Å²) in [5, 5.41) is 9.81. The molecule has 0 radical (unpaired) electrons. The van der Waals surface area contributed by atoms with Gasteiger partial charge in [-0.05, 0) is 75.6 Å². The average molecular weight is 390 g/mol. The minimum absolute atomic E-state index is 0.210. The molecule has 2 aliphatic heterocycles. The Balaban J connectivity index is 1.52. The van der Waals surface area contributed by atoms with Crippen LogP contribution in [-0.2, 0) is 11.3 Å². The number of carbonyl (C=O) groups is 1. The quantitative estimate of drug-likeness (QED) is 0.858. The predicted molar refractivity (Wildman–Crippen MR) is 105 cm³/mol. The third-order valence-corrected chi connectivity index (χ3v) is 6.97. The molecule has 1 aromatic carbocycles. The van der Waals surface area contributed by atoms with Crippen LogP contribution in [0.5, 0.6) is 5.75 Å². The van der Waals surface area contributed by atoms with Crippen LogP contribution >= 0.6 is 0 Å². The maximum absolute atomic E-state index is 14.1. The number of hydrogen-bond acceptors (Lipinski definition) is 4. The van der Waals surface area contributed by atoms with Crippen LogP contribution in [0, 0.1) is 5.82 Å². The summed E-state index contributed by atoms with van der Waals surface area (Å²) in [6.07, 6.45) is 6.94. The fourth-order valence-corrected chi connectivity index (χ4v) is 5.45. The zero-order chi connectivity index (χ0) is 19.7. The molecular formula is C22H31FN2O3. The molecular weight excluding hydrogens is 359 g/mol. The van der Waals surface area contributed by atoms with Gasteiger partial charge in [-0.25, -0.2) is 4.39 Å². The highest BCUT2D eigenvalue weighted by Gasteiger charge is 2.51. The van der Waals surface area contributed by atoms with Crippen molar-refractivity contribution in [3.63, 3.8) is 0 Å². The Hall–Kier alpha value is -1.66. The number of aliphatic hydroxyl groups is 1. The van der Waals surface area contributed by atoms with E-state index in [1.807, 2.05) is 6.07 Å². The molecule has 2 saturated heterocycles. The van der Waals surface area contributed by atoms with Gasteiger partial charge in [-0.15, -0.1) is 0 Å². The number of halogens is 1. The Morgan fingerprint density at radius 2 is 1.89 bits per heavy atom. The minimum atomic E-state index is -0.440. The molecule has 154 valence electrons. The number of benzene rings is 1. The molecule has 1 N–H and O–H groups in total. The van der Waals surface area contributed by atoms with Gasteiger partial charge >= 0.3 is 0 Å². The van der Waals surface area contributed by atoms with Crippen molar-refractivity contribution in [1.82, 2.24) is 9.80 Å². The van der Waals surface area contributed by atoms with Crippen LogP contribution in [0.2, 0.25) is 0 Å². The van der Waals surface area contributed by atoms with Crippen LogP contribution in [-0.4, -0.2) is 58.7 Å². The van der Waals surface area contributed by atoms with E-state index in [1.165, 1.54) is 13.2 Å². The lowest BCUT2D eigenvalue weighted by molar-refractivity contribution is -0.152. The van der Waals surface area contributed by atoms with Gasteiger partial charge in [0.1, 0.15) is 5.54 Å². The fourth-order valence-electron chi connectivity index (χ4n) is 5.45. The summed E-state index contributed by atoms with van der Waals surface area (Å²) >= 11 is 0. The average Bonchev–Trinajstić information content (AvgIpc) is 3.08. The van der Waals surface area contributed by atoms with Crippen LogP contribution in [0.15, 0.2) is 18.2 Å². The number of hydrogen-bond donors (Lipinski definition) is 1. The Kier molecular flexibility index (Phi) is 5.61. The van der Waals surface area contributed by atoms with Gasteiger partial charge in [0.05, 0.1) is 13.2 Å². The molecule has 0 aromatic heterocycles. The van der Waals surface area contributed by atoms with Gasteiger partial charge < -0.3 is 14.7 Å². The molecule has 1 amide bonds. The van der Waals surface area contributed by atoms with Crippen LogP contribution in [0.25, 0.3) is 0 Å². The summed E-state index contributed by atoms with van der Waals surface area (Å²) in [5.41, 5.74) is 0.440. The molecule has 5 nitrogen and oxygen atoms in total. The molecule has 1 saturated carbocycles. The van der Waals surface area contributed by atoms with Gasteiger partial charge in [0, 0.05) is 19.1 Å². The Morgan fingerprint density at radius 1 is 1.18 bits per heavy atom. The van der Waals surface area contributed by atoms with Gasteiger partial charge in [-0.1, -0.05) is 6.07 Å². The second-order valence-electron chi connectivity index (χ2n) is 8.59. The molecule has 6 heteroatoms. The van der Waals surface area contributed by atoms with Crippen LogP contribution in [0.4, 0.5) is 4.39 Å². The summed E-state index contributed by atoms with van der Waals surface area (Å²) < 4.78 is 19.2. The molecule has 3 fully saturated rings. The maximum Gasteiger partial charge on any atom is 0.243 e. The molecule has 4 rings (SSSR count). The largest absolute Gasteiger partial charge is 0.494 e. The summed E-state index contributed by atoms with van der Waals surface area (Å²) in [7, 11) is 1.47. The van der Waals surface area contributed by atoms with E-state index in [9.17, 15) is 14.3 Å². The van der Waals surface area contributed by atoms with Crippen molar-refractivity contribution < 1.29 is 19.0 Å². The molecule has 1 spiro atoms. The summed E-state index contributed by atoms with van der Waals surface area (Å²) in [5.74, 6) is 0.150. The second-order valence-corrected chi connectivity index (χ2v) is 8.59. The summed E-state index contributed by atoms with van der Waals surface area (Å²) in [4.78, 5) is 18.0. The van der Waals surface area contributed by atoms with Crippen molar-refractivity contribution in [2.75, 3.05) is 20.2 Å². The molecule has 0 bridgehead atoms. The van der Waals surface area contributed by atoms with Crippen molar-refractivity contribution in [2.24, 2.45) is 0 Å². The Bertz CT molecular complexity index is 720. The van der Waals surface area contributed by atoms with Gasteiger partial charge in [-0.2, -0.15) is 0 Å². The number of piperidine rings is 1. The standard InChI is InChI=1S/C22H31FN2O3/c1-28-20-9-4-16(14-19(20)23)15-24-12-2-10-22(24)11-3-13-25(21(22)27)17-5-7-18(26)8-6-17/h4,9,14,17-18,26H,2-3,5-8,10-13,15H2,1H3. The highest BCUT2D eigenvalue weighted by atomic mass is 19.1. The lowest BCUT2D eigenvalue weighted by Crippen LogP contribution is -2.62. The SMILES string of the molecule is COc1ccc(CN2CCCC23CCCN(C2CCC(O)CC2)C3=O)cc1F. The maximum atomic E-state index is 14.1. The van der Waals surface area contributed by atoms with E-state index in [4.69, 9.17) is 4.74 Å². The number of ether oxygens (including phenoxy) is 1. The topological polar surface area (TPSA) is 53.0 Å². The zero-order valence-electron chi connectivity index (χ0n) is 16.7. The number of rotatable bonds is 4. The molecule has 1 aromatic rings. The first-order valence-corrected chi connectivity index (χ1v) is 10.6. The normalized spacial score (nSPS) is 31.5. The Morgan fingerprint density at radius 3 is 2.57 bits per heavy atom.